The fourth-order valence-corrected chi connectivity index (χ4v) is 4.26. The van der Waals surface area contributed by atoms with Crippen LogP contribution in [0.5, 0.6) is 0 Å². The predicted molar refractivity (Wildman–Crippen MR) is 110 cm³/mol. The van der Waals surface area contributed by atoms with Crippen LogP contribution >= 0.6 is 23.7 Å². The number of aromatic nitrogens is 1. The van der Waals surface area contributed by atoms with Crippen LogP contribution in [0, 0.1) is 5.92 Å². The van der Waals surface area contributed by atoms with Crippen molar-refractivity contribution in [1.82, 2.24) is 4.98 Å². The number of thiophene rings is 1. The molecule has 3 aromatic rings. The summed E-state index contributed by atoms with van der Waals surface area (Å²) in [5, 5.41) is 2.13. The monoisotopic (exact) mass is 367 g/mol. The average molecular weight is 368 g/mol. The van der Waals surface area contributed by atoms with Crippen molar-refractivity contribution in [2.75, 3.05) is 0 Å². The number of hydrogen-bond acceptors (Lipinski definition) is 2. The smallest absolute Gasteiger partial charge is 0.0412 e. The maximum atomic E-state index is 4.63. The summed E-state index contributed by atoms with van der Waals surface area (Å²) < 4.78 is 0. The standard InChI is InChI=1S/C22H21NS.ClH/c1-2-7-18(8-3-1)19-9-4-6-17(14-19)15-21-16-20(11-12-23-21)22-10-5-13-24-22;/h1-3,5,7-13,16-17H,4,6,14-15H2;1H. The fraction of sp³-hybridized carbons (Fsp3) is 0.227. The van der Waals surface area contributed by atoms with Crippen LogP contribution in [0.4, 0.5) is 0 Å². The van der Waals surface area contributed by atoms with Crippen LogP contribution in [0.1, 0.15) is 30.5 Å². The van der Waals surface area contributed by atoms with Crippen LogP contribution in [0.15, 0.2) is 72.3 Å². The van der Waals surface area contributed by atoms with E-state index in [9.17, 15) is 0 Å². The highest BCUT2D eigenvalue weighted by Crippen LogP contribution is 2.33. The SMILES string of the molecule is C1=C(c2ccccc2)CC(Cc2cc(-c3cccs3)ccn2)CC1.Cl. The number of benzene rings is 1. The van der Waals surface area contributed by atoms with Crippen LogP contribution in [0.25, 0.3) is 16.0 Å². The molecule has 2 heterocycles. The summed E-state index contributed by atoms with van der Waals surface area (Å²) in [5.41, 5.74) is 5.40. The van der Waals surface area contributed by atoms with Crippen molar-refractivity contribution in [3.63, 3.8) is 0 Å². The Kier molecular flexibility index (Phi) is 6.06. The maximum Gasteiger partial charge on any atom is 0.0412 e. The van der Waals surface area contributed by atoms with Gasteiger partial charge in [0.2, 0.25) is 0 Å². The minimum absolute atomic E-state index is 0. The van der Waals surface area contributed by atoms with Crippen molar-refractivity contribution in [3.05, 3.63) is 83.5 Å². The second-order valence-corrected chi connectivity index (χ2v) is 7.41. The van der Waals surface area contributed by atoms with E-state index in [0.717, 1.165) is 12.8 Å². The van der Waals surface area contributed by atoms with Crippen LogP contribution < -0.4 is 0 Å². The highest BCUT2D eigenvalue weighted by molar-refractivity contribution is 7.13. The zero-order valence-electron chi connectivity index (χ0n) is 14.1. The summed E-state index contributed by atoms with van der Waals surface area (Å²) in [7, 11) is 0. The van der Waals surface area contributed by atoms with Gasteiger partial charge in [0.15, 0.2) is 0 Å². The summed E-state index contributed by atoms with van der Waals surface area (Å²) in [6, 6.07) is 19.5. The van der Waals surface area contributed by atoms with Gasteiger partial charge in [-0.15, -0.1) is 23.7 Å². The van der Waals surface area contributed by atoms with Gasteiger partial charge in [-0.05, 0) is 71.9 Å². The van der Waals surface area contributed by atoms with Crippen LogP contribution in [0.2, 0.25) is 0 Å². The Hall–Kier alpha value is -1.90. The number of pyridine rings is 1. The first-order valence-corrected chi connectivity index (χ1v) is 9.50. The Morgan fingerprint density at radius 1 is 1.00 bits per heavy atom. The molecule has 0 aliphatic heterocycles. The van der Waals surface area contributed by atoms with E-state index in [1.807, 2.05) is 6.20 Å². The molecule has 0 N–H and O–H groups in total. The van der Waals surface area contributed by atoms with E-state index in [1.54, 1.807) is 11.3 Å². The van der Waals surface area contributed by atoms with E-state index in [1.165, 1.54) is 40.1 Å². The van der Waals surface area contributed by atoms with Gasteiger partial charge >= 0.3 is 0 Å². The molecule has 1 aromatic carbocycles. The summed E-state index contributed by atoms with van der Waals surface area (Å²) in [6.07, 6.45) is 9.06. The maximum absolute atomic E-state index is 4.63. The highest BCUT2D eigenvalue weighted by Gasteiger charge is 2.17. The van der Waals surface area contributed by atoms with Gasteiger partial charge in [-0.2, -0.15) is 0 Å². The lowest BCUT2D eigenvalue weighted by molar-refractivity contribution is 0.480. The molecule has 0 amide bonds. The second kappa shape index (κ2) is 8.46. The molecule has 128 valence electrons. The Morgan fingerprint density at radius 2 is 1.88 bits per heavy atom. The molecule has 0 fully saturated rings. The molecule has 0 saturated heterocycles. The molecule has 0 saturated carbocycles. The first kappa shape index (κ1) is 17.9. The van der Waals surface area contributed by atoms with Crippen molar-refractivity contribution < 1.29 is 0 Å². The van der Waals surface area contributed by atoms with Gasteiger partial charge in [-0.25, -0.2) is 0 Å². The number of halogens is 1. The Morgan fingerprint density at radius 3 is 2.68 bits per heavy atom. The summed E-state index contributed by atoms with van der Waals surface area (Å²) >= 11 is 1.79. The third-order valence-electron chi connectivity index (χ3n) is 4.74. The largest absolute Gasteiger partial charge is 0.261 e. The second-order valence-electron chi connectivity index (χ2n) is 6.46. The van der Waals surface area contributed by atoms with E-state index in [4.69, 9.17) is 0 Å². The molecule has 3 heteroatoms. The fourth-order valence-electron chi connectivity index (χ4n) is 3.53. The number of nitrogens with zero attached hydrogens (tertiary/aromatic N) is 1. The molecule has 1 nitrogen and oxygen atoms in total. The molecule has 1 aliphatic carbocycles. The molecule has 1 unspecified atom stereocenters. The van der Waals surface area contributed by atoms with E-state index in [-0.39, 0.29) is 12.4 Å². The summed E-state index contributed by atoms with van der Waals surface area (Å²) in [4.78, 5) is 5.95. The van der Waals surface area contributed by atoms with Gasteiger partial charge in [-0.1, -0.05) is 42.5 Å². The normalized spacial score (nSPS) is 16.8. The van der Waals surface area contributed by atoms with E-state index >= 15 is 0 Å². The van der Waals surface area contributed by atoms with Gasteiger partial charge in [0.25, 0.3) is 0 Å². The minimum Gasteiger partial charge on any atom is -0.261 e. The molecule has 1 aliphatic rings. The highest BCUT2D eigenvalue weighted by atomic mass is 35.5. The summed E-state index contributed by atoms with van der Waals surface area (Å²) in [5.74, 6) is 0.691. The lowest BCUT2D eigenvalue weighted by Crippen LogP contribution is -2.10. The molecule has 0 bridgehead atoms. The molecule has 4 rings (SSSR count). The quantitative estimate of drug-likeness (QED) is 0.502. The first-order valence-electron chi connectivity index (χ1n) is 8.62. The van der Waals surface area contributed by atoms with Gasteiger partial charge in [0, 0.05) is 16.8 Å². The molecular weight excluding hydrogens is 346 g/mol. The molecular formula is C22H22ClNS. The summed E-state index contributed by atoms with van der Waals surface area (Å²) in [6.45, 7) is 0. The number of rotatable bonds is 4. The minimum atomic E-state index is 0. The number of allylic oxidation sites excluding steroid dienone is 2. The van der Waals surface area contributed by atoms with E-state index < -0.39 is 0 Å². The first-order chi connectivity index (χ1) is 11.9. The zero-order valence-corrected chi connectivity index (χ0v) is 15.7. The lowest BCUT2D eigenvalue weighted by atomic mass is 9.83. The zero-order chi connectivity index (χ0) is 16.2. The van der Waals surface area contributed by atoms with Crippen LogP contribution in [-0.4, -0.2) is 4.98 Å². The molecule has 0 spiro atoms. The van der Waals surface area contributed by atoms with Gasteiger partial charge in [0.05, 0.1) is 0 Å². The Bertz CT molecular complexity index is 824. The molecule has 2 aromatic heterocycles. The predicted octanol–water partition coefficient (Wildman–Crippen LogP) is 6.66. The third-order valence-corrected chi connectivity index (χ3v) is 5.66. The van der Waals surface area contributed by atoms with Crippen molar-refractivity contribution in [2.24, 2.45) is 5.92 Å². The molecule has 25 heavy (non-hydrogen) atoms. The average Bonchev–Trinajstić information content (AvgIpc) is 3.18. The van der Waals surface area contributed by atoms with E-state index in [2.05, 4.69) is 71.0 Å². The van der Waals surface area contributed by atoms with Crippen LogP contribution in [0.3, 0.4) is 0 Å². The van der Waals surface area contributed by atoms with Crippen molar-refractivity contribution in [1.29, 1.82) is 0 Å². The number of hydrogen-bond donors (Lipinski definition) is 0. The van der Waals surface area contributed by atoms with Gasteiger partial charge in [-0.3, -0.25) is 4.98 Å². The Balaban J connectivity index is 0.00000182. The molecule has 1 atom stereocenters. The lowest BCUT2D eigenvalue weighted by Gasteiger charge is -2.23. The molecule has 0 radical (unpaired) electrons. The van der Waals surface area contributed by atoms with Gasteiger partial charge < -0.3 is 0 Å². The van der Waals surface area contributed by atoms with Crippen molar-refractivity contribution in [2.45, 2.75) is 25.7 Å². The van der Waals surface area contributed by atoms with Crippen molar-refractivity contribution >= 4 is 29.3 Å². The Labute approximate surface area is 159 Å². The van der Waals surface area contributed by atoms with E-state index in [0.29, 0.717) is 5.92 Å². The topological polar surface area (TPSA) is 12.9 Å². The third kappa shape index (κ3) is 4.39. The van der Waals surface area contributed by atoms with Crippen LogP contribution in [-0.2, 0) is 6.42 Å². The van der Waals surface area contributed by atoms with Gasteiger partial charge in [0.1, 0.15) is 0 Å². The van der Waals surface area contributed by atoms with Crippen molar-refractivity contribution in [3.8, 4) is 10.4 Å².